The highest BCUT2D eigenvalue weighted by Crippen LogP contribution is 2.59. The van der Waals surface area contributed by atoms with Crippen LogP contribution in [0.3, 0.4) is 0 Å². The van der Waals surface area contributed by atoms with Gasteiger partial charge in [0.15, 0.2) is 0 Å². The largest absolute Gasteiger partial charge is 0.369 e. The van der Waals surface area contributed by atoms with Crippen molar-refractivity contribution in [1.82, 2.24) is 0 Å². The average Bonchev–Trinajstić information content (AvgIpc) is 2.64. The summed E-state index contributed by atoms with van der Waals surface area (Å²) in [4.78, 5) is 0. The second-order valence-corrected chi connectivity index (χ2v) is 6.73. The fraction of sp³-hybridized carbons (Fsp3) is 1.00. The second-order valence-electron chi connectivity index (χ2n) is 6.73. The van der Waals surface area contributed by atoms with Gasteiger partial charge in [0.1, 0.15) is 0 Å². The topological polar surface area (TPSA) is 18.5 Å². The number of ether oxygens (including phenoxy) is 2. The summed E-state index contributed by atoms with van der Waals surface area (Å²) in [5.74, 6) is 0.616. The molecule has 0 amide bonds. The lowest BCUT2D eigenvalue weighted by molar-refractivity contribution is -0.177. The van der Waals surface area contributed by atoms with Crippen LogP contribution >= 0.6 is 0 Å². The lowest BCUT2D eigenvalue weighted by Crippen LogP contribution is -2.43. The van der Waals surface area contributed by atoms with E-state index < -0.39 is 0 Å². The third kappa shape index (κ3) is 1.26. The third-order valence-corrected chi connectivity index (χ3v) is 5.38. The normalized spacial score (nSPS) is 60.0. The van der Waals surface area contributed by atoms with Crippen molar-refractivity contribution in [3.8, 4) is 0 Å². The summed E-state index contributed by atoms with van der Waals surface area (Å²) in [5, 5.41) is 0. The molecule has 0 aromatic heterocycles. The molecule has 3 aliphatic heterocycles. The van der Waals surface area contributed by atoms with Gasteiger partial charge in [0.25, 0.3) is 0 Å². The van der Waals surface area contributed by atoms with Gasteiger partial charge in [0.05, 0.1) is 22.9 Å². The van der Waals surface area contributed by atoms with E-state index in [-0.39, 0.29) is 16.8 Å². The van der Waals surface area contributed by atoms with Crippen LogP contribution in [0.2, 0.25) is 0 Å². The molecule has 1 unspecified atom stereocenters. The van der Waals surface area contributed by atoms with E-state index >= 15 is 0 Å². The monoisotopic (exact) mass is 224 g/mol. The molecule has 0 radical (unpaired) electrons. The van der Waals surface area contributed by atoms with E-state index in [1.165, 1.54) is 25.7 Å². The predicted molar refractivity (Wildman–Crippen MR) is 63.4 cm³/mol. The molecule has 3 rings (SSSR count). The van der Waals surface area contributed by atoms with Gasteiger partial charge in [-0.1, -0.05) is 6.92 Å². The molecular weight excluding hydrogens is 200 g/mol. The van der Waals surface area contributed by atoms with Crippen LogP contribution in [0.5, 0.6) is 0 Å². The molecule has 3 aliphatic rings. The summed E-state index contributed by atoms with van der Waals surface area (Å²) in [6, 6.07) is 0. The Bertz CT molecular complexity index is 290. The Morgan fingerprint density at radius 1 is 1.12 bits per heavy atom. The van der Waals surface area contributed by atoms with Gasteiger partial charge in [-0.15, -0.1) is 0 Å². The molecule has 2 heteroatoms. The molecule has 3 saturated heterocycles. The molecular formula is C14H24O2. The SMILES string of the molecule is CCC1(C)C[C@H]2[C@@H](O1)[C@]1(C)CCC[C@@]2(C)O1. The predicted octanol–water partition coefficient (Wildman–Crippen LogP) is 3.29. The molecule has 0 aromatic rings. The Morgan fingerprint density at radius 3 is 2.50 bits per heavy atom. The highest BCUT2D eigenvalue weighted by molar-refractivity contribution is 5.14. The van der Waals surface area contributed by atoms with Gasteiger partial charge in [-0.3, -0.25) is 0 Å². The molecule has 0 aliphatic carbocycles. The first kappa shape index (κ1) is 11.0. The maximum absolute atomic E-state index is 6.38. The van der Waals surface area contributed by atoms with Crippen molar-refractivity contribution in [2.45, 2.75) is 82.7 Å². The van der Waals surface area contributed by atoms with Crippen molar-refractivity contribution < 1.29 is 9.47 Å². The summed E-state index contributed by atoms with van der Waals surface area (Å²) in [7, 11) is 0. The lowest BCUT2D eigenvalue weighted by atomic mass is 9.80. The first-order valence-electron chi connectivity index (χ1n) is 6.79. The smallest absolute Gasteiger partial charge is 0.0926 e. The zero-order chi connectivity index (χ0) is 11.6. The molecule has 5 atom stereocenters. The van der Waals surface area contributed by atoms with Gasteiger partial charge >= 0.3 is 0 Å². The van der Waals surface area contributed by atoms with Crippen molar-refractivity contribution in [3.05, 3.63) is 0 Å². The minimum Gasteiger partial charge on any atom is -0.369 e. The van der Waals surface area contributed by atoms with Gasteiger partial charge in [0, 0.05) is 5.92 Å². The highest BCUT2D eigenvalue weighted by Gasteiger charge is 2.65. The molecule has 0 N–H and O–H groups in total. The van der Waals surface area contributed by atoms with Crippen LogP contribution in [0.15, 0.2) is 0 Å². The van der Waals surface area contributed by atoms with Crippen molar-refractivity contribution in [1.29, 1.82) is 0 Å². The Kier molecular flexibility index (Phi) is 2.09. The zero-order valence-corrected chi connectivity index (χ0v) is 11.0. The van der Waals surface area contributed by atoms with E-state index in [9.17, 15) is 0 Å². The molecule has 0 spiro atoms. The van der Waals surface area contributed by atoms with Crippen molar-refractivity contribution >= 4 is 0 Å². The van der Waals surface area contributed by atoms with Crippen LogP contribution in [0.1, 0.15) is 59.8 Å². The number of fused-ring (bicyclic) bond motifs is 5. The maximum Gasteiger partial charge on any atom is 0.0926 e. The summed E-state index contributed by atoms with van der Waals surface area (Å²) in [5.41, 5.74) is 0.175. The van der Waals surface area contributed by atoms with Gasteiger partial charge in [-0.05, 0) is 52.9 Å². The summed E-state index contributed by atoms with van der Waals surface area (Å²) in [6.45, 7) is 9.08. The molecule has 3 heterocycles. The van der Waals surface area contributed by atoms with Crippen molar-refractivity contribution in [2.24, 2.45) is 5.92 Å². The van der Waals surface area contributed by atoms with Crippen LogP contribution in [0.4, 0.5) is 0 Å². The summed E-state index contributed by atoms with van der Waals surface area (Å²) < 4.78 is 12.7. The fourth-order valence-electron chi connectivity index (χ4n) is 4.21. The first-order chi connectivity index (χ1) is 7.41. The minimum absolute atomic E-state index is 0.00933. The van der Waals surface area contributed by atoms with Gasteiger partial charge < -0.3 is 9.47 Å². The van der Waals surface area contributed by atoms with Gasteiger partial charge in [0.2, 0.25) is 0 Å². The molecule has 2 bridgehead atoms. The van der Waals surface area contributed by atoms with E-state index in [1.807, 2.05) is 0 Å². The Hall–Kier alpha value is -0.0800. The second kappa shape index (κ2) is 3.02. The highest BCUT2D eigenvalue weighted by atomic mass is 16.6. The Morgan fingerprint density at radius 2 is 1.81 bits per heavy atom. The summed E-state index contributed by atoms with van der Waals surface area (Å²) in [6.07, 6.45) is 6.32. The average molecular weight is 224 g/mol. The molecule has 0 aromatic carbocycles. The van der Waals surface area contributed by atoms with E-state index in [1.54, 1.807) is 0 Å². The zero-order valence-electron chi connectivity index (χ0n) is 11.0. The van der Waals surface area contributed by atoms with Crippen LogP contribution < -0.4 is 0 Å². The van der Waals surface area contributed by atoms with Crippen LogP contribution in [-0.4, -0.2) is 22.9 Å². The molecule has 92 valence electrons. The van der Waals surface area contributed by atoms with Crippen molar-refractivity contribution in [3.63, 3.8) is 0 Å². The Labute approximate surface area is 98.7 Å². The third-order valence-electron chi connectivity index (χ3n) is 5.38. The lowest BCUT2D eigenvalue weighted by Gasteiger charge is -2.40. The van der Waals surface area contributed by atoms with E-state index in [0.29, 0.717) is 12.0 Å². The van der Waals surface area contributed by atoms with E-state index in [0.717, 1.165) is 6.42 Å². The first-order valence-corrected chi connectivity index (χ1v) is 6.79. The van der Waals surface area contributed by atoms with Gasteiger partial charge in [-0.2, -0.15) is 0 Å². The quantitative estimate of drug-likeness (QED) is 0.680. The fourth-order valence-corrected chi connectivity index (χ4v) is 4.21. The van der Waals surface area contributed by atoms with Crippen LogP contribution in [0, 0.1) is 5.92 Å². The number of hydrogen-bond acceptors (Lipinski definition) is 2. The van der Waals surface area contributed by atoms with Crippen molar-refractivity contribution in [2.75, 3.05) is 0 Å². The Balaban J connectivity index is 1.95. The van der Waals surface area contributed by atoms with E-state index in [2.05, 4.69) is 27.7 Å². The number of rotatable bonds is 1. The minimum atomic E-state index is -0.00933. The summed E-state index contributed by atoms with van der Waals surface area (Å²) >= 11 is 0. The standard InChI is InChI=1S/C14H24O2/c1-5-12(2)9-10-11(15-12)14(4)8-6-7-13(10,3)16-14/h10-11H,5-9H2,1-4H3/t10-,11+,12?,13+,14-/m0/s1. The molecule has 2 nitrogen and oxygen atoms in total. The molecule has 0 saturated carbocycles. The van der Waals surface area contributed by atoms with E-state index in [4.69, 9.17) is 9.47 Å². The maximum atomic E-state index is 6.38. The van der Waals surface area contributed by atoms with Gasteiger partial charge in [-0.25, -0.2) is 0 Å². The number of hydrogen-bond donors (Lipinski definition) is 0. The molecule has 3 fully saturated rings. The molecule has 16 heavy (non-hydrogen) atoms. The van der Waals surface area contributed by atoms with Crippen LogP contribution in [-0.2, 0) is 9.47 Å². The van der Waals surface area contributed by atoms with Crippen LogP contribution in [0.25, 0.3) is 0 Å².